The maximum Gasteiger partial charge on any atom is 0.242 e. The van der Waals surface area contributed by atoms with E-state index in [1.54, 1.807) is 0 Å². The van der Waals surface area contributed by atoms with Crippen molar-refractivity contribution in [2.75, 3.05) is 0 Å². The van der Waals surface area contributed by atoms with Crippen molar-refractivity contribution in [2.24, 2.45) is 0 Å². The van der Waals surface area contributed by atoms with Crippen LogP contribution in [0.4, 0.5) is 0 Å². The molecule has 1 heterocycles. The minimum atomic E-state index is -0.598. The zero-order valence-electron chi connectivity index (χ0n) is 11.2. The predicted molar refractivity (Wildman–Crippen MR) is 71.4 cm³/mol. The van der Waals surface area contributed by atoms with Gasteiger partial charge in [0.05, 0.1) is 6.10 Å². The van der Waals surface area contributed by atoms with Gasteiger partial charge in [-0.2, -0.15) is 0 Å². The summed E-state index contributed by atoms with van der Waals surface area (Å²) in [5, 5.41) is 23.4. The number of rotatable bonds is 6. The van der Waals surface area contributed by atoms with Gasteiger partial charge in [-0.25, -0.2) is 4.68 Å². The highest BCUT2D eigenvalue weighted by Gasteiger charge is 2.14. The molecule has 0 spiro atoms. The van der Waals surface area contributed by atoms with E-state index < -0.39 is 6.10 Å². The number of amides is 1. The number of aliphatic hydroxyl groups excluding tert-OH is 1. The van der Waals surface area contributed by atoms with Crippen LogP contribution in [-0.2, 0) is 11.3 Å². The quantitative estimate of drug-likeness (QED) is 0.791. The Labute approximate surface area is 116 Å². The van der Waals surface area contributed by atoms with Crippen molar-refractivity contribution in [3.63, 3.8) is 0 Å². The van der Waals surface area contributed by atoms with E-state index in [1.807, 2.05) is 37.3 Å². The lowest BCUT2D eigenvalue weighted by molar-refractivity contribution is -0.122. The fraction of sp³-hybridized carbons (Fsp3) is 0.385. The second kappa shape index (κ2) is 6.76. The zero-order valence-corrected chi connectivity index (χ0v) is 11.2. The van der Waals surface area contributed by atoms with Crippen molar-refractivity contribution in [3.05, 3.63) is 42.2 Å². The summed E-state index contributed by atoms with van der Waals surface area (Å²) in [7, 11) is 0. The van der Waals surface area contributed by atoms with Crippen LogP contribution in [0.5, 0.6) is 0 Å². The largest absolute Gasteiger partial charge is 0.388 e. The van der Waals surface area contributed by atoms with Crippen molar-refractivity contribution >= 4 is 5.91 Å². The molecule has 1 amide bonds. The molecule has 0 radical (unpaired) electrons. The molecule has 0 saturated heterocycles. The van der Waals surface area contributed by atoms with Gasteiger partial charge in [0.15, 0.2) is 0 Å². The first kappa shape index (κ1) is 14.1. The van der Waals surface area contributed by atoms with Gasteiger partial charge in [0.25, 0.3) is 0 Å². The van der Waals surface area contributed by atoms with Crippen LogP contribution in [0.1, 0.15) is 25.0 Å². The number of aromatic nitrogens is 4. The van der Waals surface area contributed by atoms with E-state index in [0.29, 0.717) is 6.42 Å². The van der Waals surface area contributed by atoms with Gasteiger partial charge in [-0.05, 0) is 29.3 Å². The molecule has 0 fully saturated rings. The Morgan fingerprint density at radius 2 is 2.15 bits per heavy atom. The monoisotopic (exact) mass is 275 g/mol. The van der Waals surface area contributed by atoms with Gasteiger partial charge in [-0.15, -0.1) is 5.10 Å². The number of benzene rings is 1. The van der Waals surface area contributed by atoms with Gasteiger partial charge in [-0.1, -0.05) is 30.3 Å². The van der Waals surface area contributed by atoms with Gasteiger partial charge < -0.3 is 10.4 Å². The number of nitrogens with one attached hydrogen (secondary N) is 1. The van der Waals surface area contributed by atoms with Gasteiger partial charge in [0, 0.05) is 6.04 Å². The molecule has 0 aliphatic rings. The van der Waals surface area contributed by atoms with Crippen LogP contribution in [0.2, 0.25) is 0 Å². The Balaban J connectivity index is 1.80. The number of hydrogen-bond donors (Lipinski definition) is 2. The second-order valence-corrected chi connectivity index (χ2v) is 4.64. The highest BCUT2D eigenvalue weighted by atomic mass is 16.3. The summed E-state index contributed by atoms with van der Waals surface area (Å²) in [6, 6.07) is 9.22. The number of hydrogen-bond acceptors (Lipinski definition) is 5. The molecule has 2 N–H and O–H groups in total. The first-order valence-electron chi connectivity index (χ1n) is 6.38. The maximum absolute atomic E-state index is 11.7. The average Bonchev–Trinajstić information content (AvgIpc) is 2.92. The first-order chi connectivity index (χ1) is 9.65. The van der Waals surface area contributed by atoms with Crippen LogP contribution < -0.4 is 5.32 Å². The third kappa shape index (κ3) is 4.13. The SMILES string of the molecule is CC(CC(O)c1ccccc1)NC(=O)Cn1cnnn1. The molecular formula is C13H17N5O2. The minimum absolute atomic E-state index is 0.0682. The van der Waals surface area contributed by atoms with Crippen molar-refractivity contribution in [2.45, 2.75) is 32.0 Å². The van der Waals surface area contributed by atoms with Gasteiger partial charge >= 0.3 is 0 Å². The Hall–Kier alpha value is -2.28. The van der Waals surface area contributed by atoms with E-state index in [1.165, 1.54) is 11.0 Å². The summed E-state index contributed by atoms with van der Waals surface area (Å²) in [6.45, 7) is 1.92. The van der Waals surface area contributed by atoms with E-state index in [9.17, 15) is 9.90 Å². The minimum Gasteiger partial charge on any atom is -0.388 e. The van der Waals surface area contributed by atoms with Gasteiger partial charge in [0.1, 0.15) is 12.9 Å². The van der Waals surface area contributed by atoms with Crippen molar-refractivity contribution in [1.82, 2.24) is 25.5 Å². The van der Waals surface area contributed by atoms with Crippen LogP contribution in [-0.4, -0.2) is 37.3 Å². The van der Waals surface area contributed by atoms with E-state index in [2.05, 4.69) is 20.8 Å². The summed E-state index contributed by atoms with van der Waals surface area (Å²) in [4.78, 5) is 11.7. The van der Waals surface area contributed by atoms with Gasteiger partial charge in [0.2, 0.25) is 5.91 Å². The van der Waals surface area contributed by atoms with Crippen molar-refractivity contribution in [1.29, 1.82) is 0 Å². The molecule has 106 valence electrons. The van der Waals surface area contributed by atoms with Crippen molar-refractivity contribution < 1.29 is 9.90 Å². The van der Waals surface area contributed by atoms with E-state index >= 15 is 0 Å². The Morgan fingerprint density at radius 1 is 1.40 bits per heavy atom. The molecule has 0 aliphatic carbocycles. The van der Waals surface area contributed by atoms with E-state index in [-0.39, 0.29) is 18.5 Å². The molecule has 2 rings (SSSR count). The van der Waals surface area contributed by atoms with E-state index in [0.717, 1.165) is 5.56 Å². The second-order valence-electron chi connectivity index (χ2n) is 4.64. The lowest BCUT2D eigenvalue weighted by atomic mass is 10.0. The molecular weight excluding hydrogens is 258 g/mol. The summed E-state index contributed by atoms with van der Waals surface area (Å²) in [5.74, 6) is -0.190. The molecule has 1 aromatic carbocycles. The molecule has 2 aromatic rings. The Morgan fingerprint density at radius 3 is 2.80 bits per heavy atom. The van der Waals surface area contributed by atoms with Gasteiger partial charge in [-0.3, -0.25) is 4.79 Å². The number of nitrogens with zero attached hydrogens (tertiary/aromatic N) is 4. The highest BCUT2D eigenvalue weighted by Crippen LogP contribution is 2.17. The van der Waals surface area contributed by atoms with E-state index in [4.69, 9.17) is 0 Å². The Bertz CT molecular complexity index is 529. The standard InChI is InChI=1S/C13H17N5O2/c1-10(7-12(19)11-5-3-2-4-6-11)15-13(20)8-18-9-14-16-17-18/h2-6,9-10,12,19H,7-8H2,1H3,(H,15,20). The molecule has 2 unspecified atom stereocenters. The smallest absolute Gasteiger partial charge is 0.242 e. The number of carbonyl (C=O) groups is 1. The van der Waals surface area contributed by atoms with Crippen LogP contribution in [0.3, 0.4) is 0 Å². The van der Waals surface area contributed by atoms with Crippen molar-refractivity contribution in [3.8, 4) is 0 Å². The molecule has 2 atom stereocenters. The normalized spacial score (nSPS) is 13.7. The Kier molecular flexibility index (Phi) is 4.78. The lowest BCUT2D eigenvalue weighted by Gasteiger charge is -2.18. The third-order valence-corrected chi connectivity index (χ3v) is 2.87. The highest BCUT2D eigenvalue weighted by molar-refractivity contribution is 5.75. The summed E-state index contributed by atoms with van der Waals surface area (Å²) >= 11 is 0. The maximum atomic E-state index is 11.7. The fourth-order valence-electron chi connectivity index (χ4n) is 1.93. The summed E-state index contributed by atoms with van der Waals surface area (Å²) in [5.41, 5.74) is 0.842. The molecule has 20 heavy (non-hydrogen) atoms. The van der Waals surface area contributed by atoms with Crippen LogP contribution in [0, 0.1) is 0 Å². The molecule has 0 saturated carbocycles. The molecule has 7 nitrogen and oxygen atoms in total. The average molecular weight is 275 g/mol. The van der Waals surface area contributed by atoms with Crippen LogP contribution in [0.25, 0.3) is 0 Å². The first-order valence-corrected chi connectivity index (χ1v) is 6.38. The third-order valence-electron chi connectivity index (χ3n) is 2.87. The number of tetrazole rings is 1. The molecule has 0 aliphatic heterocycles. The predicted octanol–water partition coefficient (Wildman–Crippen LogP) is 0.301. The van der Waals surface area contributed by atoms with Crippen LogP contribution in [0.15, 0.2) is 36.7 Å². The number of aliphatic hydroxyl groups is 1. The summed E-state index contributed by atoms with van der Waals surface area (Å²) in [6.07, 6.45) is 1.23. The molecule has 7 heteroatoms. The molecule has 0 bridgehead atoms. The summed E-state index contributed by atoms with van der Waals surface area (Å²) < 4.78 is 1.34. The fourth-order valence-corrected chi connectivity index (χ4v) is 1.93. The van der Waals surface area contributed by atoms with Crippen LogP contribution >= 0.6 is 0 Å². The molecule has 1 aromatic heterocycles. The zero-order chi connectivity index (χ0) is 14.4. The lowest BCUT2D eigenvalue weighted by Crippen LogP contribution is -2.36. The number of carbonyl (C=O) groups excluding carboxylic acids is 1. The topological polar surface area (TPSA) is 92.9 Å².